The lowest BCUT2D eigenvalue weighted by Crippen LogP contribution is -2.32. The second-order valence-electron chi connectivity index (χ2n) is 7.02. The molecule has 1 heterocycles. The number of hydrogen-bond acceptors (Lipinski definition) is 5. The maximum absolute atomic E-state index is 12.4. The molecule has 8 heteroatoms. The Morgan fingerprint density at radius 2 is 1.59 bits per heavy atom. The SMILES string of the molecule is Cc1ccccc1-c1nnc(-c2ccc(C(=O)NCC(=O)Nc3ccccc3Br)cc2)o1. The van der Waals surface area contributed by atoms with Crippen LogP contribution in [0.15, 0.2) is 81.7 Å². The number of aromatic nitrogens is 2. The third kappa shape index (κ3) is 4.92. The predicted molar refractivity (Wildman–Crippen MR) is 125 cm³/mol. The van der Waals surface area contributed by atoms with Gasteiger partial charge in [-0.2, -0.15) is 0 Å². The first kappa shape index (κ1) is 21.5. The second-order valence-corrected chi connectivity index (χ2v) is 7.87. The molecule has 160 valence electrons. The predicted octanol–water partition coefficient (Wildman–Crippen LogP) is 4.84. The topological polar surface area (TPSA) is 97.1 Å². The fourth-order valence-electron chi connectivity index (χ4n) is 3.05. The van der Waals surface area contributed by atoms with Gasteiger partial charge >= 0.3 is 0 Å². The van der Waals surface area contributed by atoms with E-state index in [9.17, 15) is 9.59 Å². The van der Waals surface area contributed by atoms with Gasteiger partial charge < -0.3 is 15.1 Å². The average molecular weight is 491 g/mol. The average Bonchev–Trinajstić information content (AvgIpc) is 3.29. The van der Waals surface area contributed by atoms with Gasteiger partial charge in [-0.1, -0.05) is 30.3 Å². The number of anilines is 1. The largest absolute Gasteiger partial charge is 0.416 e. The molecule has 7 nitrogen and oxygen atoms in total. The summed E-state index contributed by atoms with van der Waals surface area (Å²) in [5, 5.41) is 13.6. The summed E-state index contributed by atoms with van der Waals surface area (Å²) >= 11 is 3.37. The number of carbonyl (C=O) groups is 2. The van der Waals surface area contributed by atoms with Gasteiger partial charge in [0.25, 0.3) is 5.91 Å². The number of carbonyl (C=O) groups excluding carboxylic acids is 2. The summed E-state index contributed by atoms with van der Waals surface area (Å²) in [6.45, 7) is 1.83. The van der Waals surface area contributed by atoms with Crippen molar-refractivity contribution in [3.05, 3.63) is 88.4 Å². The molecule has 1 aromatic heterocycles. The first-order valence-electron chi connectivity index (χ1n) is 9.84. The summed E-state index contributed by atoms with van der Waals surface area (Å²) in [6, 6.07) is 21.8. The molecular weight excluding hydrogens is 472 g/mol. The highest BCUT2D eigenvalue weighted by molar-refractivity contribution is 9.10. The molecule has 0 unspecified atom stereocenters. The van der Waals surface area contributed by atoms with Crippen LogP contribution in [0.3, 0.4) is 0 Å². The zero-order chi connectivity index (χ0) is 22.5. The zero-order valence-electron chi connectivity index (χ0n) is 17.1. The summed E-state index contributed by atoms with van der Waals surface area (Å²) in [6.07, 6.45) is 0. The van der Waals surface area contributed by atoms with Crippen LogP contribution in [0.5, 0.6) is 0 Å². The lowest BCUT2D eigenvalue weighted by Gasteiger charge is -2.08. The molecule has 0 fully saturated rings. The van der Waals surface area contributed by atoms with Gasteiger partial charge in [0.15, 0.2) is 0 Å². The first-order valence-corrected chi connectivity index (χ1v) is 10.6. The minimum absolute atomic E-state index is 0.147. The van der Waals surface area contributed by atoms with Crippen LogP contribution in [0, 0.1) is 6.92 Å². The van der Waals surface area contributed by atoms with Gasteiger partial charge in [0.2, 0.25) is 17.7 Å². The fourth-order valence-corrected chi connectivity index (χ4v) is 3.43. The van der Waals surface area contributed by atoms with Crippen molar-refractivity contribution in [1.82, 2.24) is 15.5 Å². The first-order chi connectivity index (χ1) is 15.5. The molecule has 0 saturated heterocycles. The molecule has 0 radical (unpaired) electrons. The Kier molecular flexibility index (Phi) is 6.42. The molecule has 4 rings (SSSR count). The molecule has 0 aliphatic heterocycles. The number of amides is 2. The number of aryl methyl sites for hydroxylation is 1. The van der Waals surface area contributed by atoms with Crippen molar-refractivity contribution in [2.45, 2.75) is 6.92 Å². The minimum Gasteiger partial charge on any atom is -0.416 e. The molecule has 32 heavy (non-hydrogen) atoms. The highest BCUT2D eigenvalue weighted by atomic mass is 79.9. The maximum Gasteiger partial charge on any atom is 0.251 e. The third-order valence-electron chi connectivity index (χ3n) is 4.75. The van der Waals surface area contributed by atoms with Crippen molar-refractivity contribution in [2.75, 3.05) is 11.9 Å². The van der Waals surface area contributed by atoms with Gasteiger partial charge in [-0.15, -0.1) is 10.2 Å². The van der Waals surface area contributed by atoms with Crippen LogP contribution in [-0.2, 0) is 4.79 Å². The molecule has 2 N–H and O–H groups in total. The van der Waals surface area contributed by atoms with Gasteiger partial charge in [0.05, 0.1) is 12.2 Å². The highest BCUT2D eigenvalue weighted by Gasteiger charge is 2.14. The van der Waals surface area contributed by atoms with E-state index < -0.39 is 0 Å². The Bertz CT molecular complexity index is 1270. The molecular formula is C24H19BrN4O3. The van der Waals surface area contributed by atoms with Gasteiger partial charge in [0, 0.05) is 21.2 Å². The van der Waals surface area contributed by atoms with Gasteiger partial charge in [-0.3, -0.25) is 9.59 Å². The number of hydrogen-bond donors (Lipinski definition) is 2. The lowest BCUT2D eigenvalue weighted by molar-refractivity contribution is -0.115. The monoisotopic (exact) mass is 490 g/mol. The molecule has 2 amide bonds. The van der Waals surface area contributed by atoms with Crippen molar-refractivity contribution in [1.29, 1.82) is 0 Å². The summed E-state index contributed by atoms with van der Waals surface area (Å²) in [4.78, 5) is 24.5. The highest BCUT2D eigenvalue weighted by Crippen LogP contribution is 2.26. The standard InChI is InChI=1S/C24H19BrN4O3/c1-15-6-2-3-7-18(15)24-29-28-23(32-24)17-12-10-16(11-13-17)22(31)26-14-21(30)27-20-9-5-4-8-19(20)25/h2-13H,14H2,1H3,(H,26,31)(H,27,30). The smallest absolute Gasteiger partial charge is 0.251 e. The van der Waals surface area contributed by atoms with Crippen molar-refractivity contribution in [3.63, 3.8) is 0 Å². The third-order valence-corrected chi connectivity index (χ3v) is 5.44. The van der Waals surface area contributed by atoms with Crippen LogP contribution < -0.4 is 10.6 Å². The zero-order valence-corrected chi connectivity index (χ0v) is 18.7. The van der Waals surface area contributed by atoms with Crippen molar-refractivity contribution in [2.24, 2.45) is 0 Å². The summed E-state index contributed by atoms with van der Waals surface area (Å²) in [5.74, 6) is 0.125. The number of nitrogens with one attached hydrogen (secondary N) is 2. The molecule has 4 aromatic rings. The lowest BCUT2D eigenvalue weighted by atomic mass is 10.1. The quantitative estimate of drug-likeness (QED) is 0.402. The van der Waals surface area contributed by atoms with Crippen molar-refractivity contribution < 1.29 is 14.0 Å². The molecule has 0 atom stereocenters. The normalized spacial score (nSPS) is 10.6. The van der Waals surface area contributed by atoms with Crippen LogP contribution in [0.2, 0.25) is 0 Å². The van der Waals surface area contributed by atoms with E-state index in [2.05, 4.69) is 36.8 Å². The molecule has 0 bridgehead atoms. The molecule has 0 spiro atoms. The van der Waals surface area contributed by atoms with Crippen LogP contribution in [0.25, 0.3) is 22.9 Å². The Morgan fingerprint density at radius 1 is 0.906 bits per heavy atom. The van der Waals surface area contributed by atoms with Crippen LogP contribution in [0.4, 0.5) is 5.69 Å². The number of nitrogens with zero attached hydrogens (tertiary/aromatic N) is 2. The molecule has 0 aliphatic carbocycles. The Morgan fingerprint density at radius 3 is 2.34 bits per heavy atom. The molecule has 0 aliphatic rings. The van der Waals surface area contributed by atoms with Crippen molar-refractivity contribution >= 4 is 33.4 Å². The number of para-hydroxylation sites is 1. The van der Waals surface area contributed by atoms with E-state index in [1.807, 2.05) is 49.4 Å². The number of benzene rings is 3. The Labute approximate surface area is 193 Å². The second kappa shape index (κ2) is 9.57. The summed E-state index contributed by atoms with van der Waals surface area (Å²) in [5.41, 5.74) is 3.67. The van der Waals surface area contributed by atoms with E-state index in [0.29, 0.717) is 28.6 Å². The fraction of sp³-hybridized carbons (Fsp3) is 0.0833. The van der Waals surface area contributed by atoms with Crippen LogP contribution in [-0.4, -0.2) is 28.6 Å². The Hall–Kier alpha value is -3.78. The minimum atomic E-state index is -0.357. The maximum atomic E-state index is 12.4. The van der Waals surface area contributed by atoms with Crippen molar-refractivity contribution in [3.8, 4) is 22.9 Å². The van der Waals surface area contributed by atoms with E-state index in [-0.39, 0.29) is 18.4 Å². The van der Waals surface area contributed by atoms with Crippen LogP contribution >= 0.6 is 15.9 Å². The van der Waals surface area contributed by atoms with E-state index in [1.54, 1.807) is 30.3 Å². The van der Waals surface area contributed by atoms with Gasteiger partial charge in [-0.05, 0) is 70.9 Å². The van der Waals surface area contributed by atoms with Gasteiger partial charge in [0.1, 0.15) is 0 Å². The summed E-state index contributed by atoms with van der Waals surface area (Å²) < 4.78 is 6.57. The summed E-state index contributed by atoms with van der Waals surface area (Å²) in [7, 11) is 0. The molecule has 0 saturated carbocycles. The van der Waals surface area contributed by atoms with Crippen LogP contribution in [0.1, 0.15) is 15.9 Å². The molecule has 3 aromatic carbocycles. The van der Waals surface area contributed by atoms with E-state index >= 15 is 0 Å². The van der Waals surface area contributed by atoms with E-state index in [1.165, 1.54) is 0 Å². The van der Waals surface area contributed by atoms with Gasteiger partial charge in [-0.25, -0.2) is 0 Å². The van der Waals surface area contributed by atoms with E-state index in [4.69, 9.17) is 4.42 Å². The number of halogens is 1. The number of rotatable bonds is 6. The Balaban J connectivity index is 1.37. The van der Waals surface area contributed by atoms with E-state index in [0.717, 1.165) is 15.6 Å².